The number of benzene rings is 2. The lowest BCUT2D eigenvalue weighted by Gasteiger charge is -2.56. The van der Waals surface area contributed by atoms with E-state index in [9.17, 15) is 0 Å². The van der Waals surface area contributed by atoms with Gasteiger partial charge in [-0.25, -0.2) is 0 Å². The maximum absolute atomic E-state index is 2.66. The SMILES string of the molecule is Cc1ccc2c(c1Cc1ccccc1)CC[C@@H]1[C@@H]2CC[C@@H]2CCCC[C@@]21C. The molecule has 0 saturated heterocycles. The van der Waals surface area contributed by atoms with Gasteiger partial charge >= 0.3 is 0 Å². The second-order valence-corrected chi connectivity index (χ2v) is 9.87. The summed E-state index contributed by atoms with van der Waals surface area (Å²) in [6.45, 7) is 4.99. The molecule has 0 spiro atoms. The van der Waals surface area contributed by atoms with Crippen LogP contribution in [0.5, 0.6) is 0 Å². The molecule has 3 aliphatic rings. The van der Waals surface area contributed by atoms with Gasteiger partial charge in [-0.15, -0.1) is 0 Å². The molecule has 5 rings (SSSR count). The van der Waals surface area contributed by atoms with Crippen LogP contribution in [0.25, 0.3) is 0 Å². The summed E-state index contributed by atoms with van der Waals surface area (Å²) in [7, 11) is 0. The highest BCUT2D eigenvalue weighted by atomic mass is 14.5. The molecule has 0 aliphatic heterocycles. The fourth-order valence-corrected chi connectivity index (χ4v) is 7.15. The van der Waals surface area contributed by atoms with Gasteiger partial charge in [0.05, 0.1) is 0 Å². The largest absolute Gasteiger partial charge is 0.0622 e. The van der Waals surface area contributed by atoms with Crippen LogP contribution in [0.2, 0.25) is 0 Å². The van der Waals surface area contributed by atoms with E-state index in [0.29, 0.717) is 5.41 Å². The van der Waals surface area contributed by atoms with Crippen molar-refractivity contribution in [2.45, 2.75) is 77.6 Å². The van der Waals surface area contributed by atoms with Crippen LogP contribution in [0, 0.1) is 24.2 Å². The van der Waals surface area contributed by atoms with Crippen LogP contribution < -0.4 is 0 Å². The van der Waals surface area contributed by atoms with Crippen molar-refractivity contribution in [2.24, 2.45) is 17.3 Å². The van der Waals surface area contributed by atoms with Crippen LogP contribution >= 0.6 is 0 Å². The molecule has 0 amide bonds. The second kappa shape index (κ2) is 6.80. The molecular weight excluding hydrogens is 324 g/mol. The lowest BCUT2D eigenvalue weighted by Crippen LogP contribution is -2.46. The van der Waals surface area contributed by atoms with Gasteiger partial charge in [0.1, 0.15) is 0 Å². The predicted molar refractivity (Wildman–Crippen MR) is 114 cm³/mol. The summed E-state index contributed by atoms with van der Waals surface area (Å²) in [5, 5.41) is 0. The highest BCUT2D eigenvalue weighted by molar-refractivity contribution is 5.47. The van der Waals surface area contributed by atoms with Gasteiger partial charge in [-0.1, -0.05) is 62.2 Å². The third kappa shape index (κ3) is 2.87. The van der Waals surface area contributed by atoms with Crippen LogP contribution in [0.4, 0.5) is 0 Å². The average molecular weight is 359 g/mol. The van der Waals surface area contributed by atoms with Gasteiger partial charge in [0, 0.05) is 0 Å². The predicted octanol–water partition coefficient (Wildman–Crippen LogP) is 7.22. The maximum Gasteiger partial charge on any atom is -0.00203 e. The fraction of sp³-hybridized carbons (Fsp3) is 0.556. The Bertz CT molecular complexity index is 817. The van der Waals surface area contributed by atoms with E-state index < -0.39 is 0 Å². The molecule has 2 saturated carbocycles. The van der Waals surface area contributed by atoms with Crippen LogP contribution in [0.15, 0.2) is 42.5 Å². The van der Waals surface area contributed by atoms with E-state index in [1.807, 2.05) is 0 Å². The zero-order valence-electron chi connectivity index (χ0n) is 17.1. The second-order valence-electron chi connectivity index (χ2n) is 9.87. The molecule has 142 valence electrons. The van der Waals surface area contributed by atoms with Crippen molar-refractivity contribution in [1.82, 2.24) is 0 Å². The van der Waals surface area contributed by atoms with E-state index in [-0.39, 0.29) is 0 Å². The molecule has 0 bridgehead atoms. The normalized spacial score (nSPS) is 32.3. The van der Waals surface area contributed by atoms with Crippen LogP contribution in [-0.4, -0.2) is 0 Å². The molecule has 27 heavy (non-hydrogen) atoms. The van der Waals surface area contributed by atoms with E-state index in [2.05, 4.69) is 56.3 Å². The quantitative estimate of drug-likeness (QED) is 0.531. The number of hydrogen-bond donors (Lipinski definition) is 0. The molecule has 2 fully saturated rings. The third-order valence-electron chi connectivity index (χ3n) is 8.64. The van der Waals surface area contributed by atoms with Gasteiger partial charge < -0.3 is 0 Å². The smallest absolute Gasteiger partial charge is 0.00203 e. The minimum absolute atomic E-state index is 0.614. The zero-order valence-corrected chi connectivity index (χ0v) is 17.1. The van der Waals surface area contributed by atoms with Crippen LogP contribution in [-0.2, 0) is 12.8 Å². The van der Waals surface area contributed by atoms with Gasteiger partial charge in [-0.3, -0.25) is 0 Å². The number of hydrogen-bond acceptors (Lipinski definition) is 0. The minimum Gasteiger partial charge on any atom is -0.0622 e. The summed E-state index contributed by atoms with van der Waals surface area (Å²) in [5.41, 5.74) is 8.65. The zero-order chi connectivity index (χ0) is 18.4. The number of rotatable bonds is 2. The molecule has 4 atom stereocenters. The summed E-state index contributed by atoms with van der Waals surface area (Å²) >= 11 is 0. The van der Waals surface area contributed by atoms with E-state index in [0.717, 1.165) is 24.2 Å². The first-order valence-corrected chi connectivity index (χ1v) is 11.3. The highest BCUT2D eigenvalue weighted by Gasteiger charge is 2.50. The van der Waals surface area contributed by atoms with Crippen molar-refractivity contribution in [1.29, 1.82) is 0 Å². The first-order chi connectivity index (χ1) is 13.2. The Hall–Kier alpha value is -1.56. The molecule has 0 heterocycles. The van der Waals surface area contributed by atoms with E-state index >= 15 is 0 Å². The molecule has 3 aliphatic carbocycles. The Kier molecular flexibility index (Phi) is 4.42. The molecule has 0 heteroatoms. The molecule has 2 aromatic carbocycles. The Balaban J connectivity index is 1.52. The molecule has 0 N–H and O–H groups in total. The molecule has 2 aromatic rings. The number of aryl methyl sites for hydroxylation is 1. The summed E-state index contributed by atoms with van der Waals surface area (Å²) in [6, 6.07) is 16.0. The lowest BCUT2D eigenvalue weighted by molar-refractivity contribution is -0.0204. The van der Waals surface area contributed by atoms with Gasteiger partial charge in [-0.2, -0.15) is 0 Å². The Morgan fingerprint density at radius 1 is 0.926 bits per heavy atom. The molecule has 0 aromatic heterocycles. The standard InChI is InChI=1S/C27H34/c1-19-11-13-22-23(25(19)18-20-8-4-3-5-9-20)15-16-26-24(22)14-12-21-10-6-7-17-27(21,26)2/h3-5,8-9,11,13,21,24,26H,6-7,10,12,14-18H2,1-2H3/t21-,24+,26+,27-/m0/s1. The van der Waals surface area contributed by atoms with Gasteiger partial charge in [0.2, 0.25) is 0 Å². The van der Waals surface area contributed by atoms with Crippen molar-refractivity contribution in [3.8, 4) is 0 Å². The van der Waals surface area contributed by atoms with Crippen molar-refractivity contribution < 1.29 is 0 Å². The summed E-state index contributed by atoms with van der Waals surface area (Å²) in [4.78, 5) is 0. The van der Waals surface area contributed by atoms with E-state index in [1.54, 1.807) is 16.7 Å². The summed E-state index contributed by atoms with van der Waals surface area (Å²) in [6.07, 6.45) is 12.7. The Morgan fingerprint density at radius 2 is 1.78 bits per heavy atom. The first kappa shape index (κ1) is 17.5. The van der Waals surface area contributed by atoms with E-state index in [1.165, 1.54) is 62.5 Å². The van der Waals surface area contributed by atoms with Crippen molar-refractivity contribution >= 4 is 0 Å². The molecule has 0 nitrogen and oxygen atoms in total. The van der Waals surface area contributed by atoms with Crippen molar-refractivity contribution in [3.05, 3.63) is 70.3 Å². The Labute approximate surface area is 165 Å². The van der Waals surface area contributed by atoms with Crippen LogP contribution in [0.3, 0.4) is 0 Å². The summed E-state index contributed by atoms with van der Waals surface area (Å²) < 4.78 is 0. The fourth-order valence-electron chi connectivity index (χ4n) is 7.15. The molecule has 0 unspecified atom stereocenters. The highest BCUT2D eigenvalue weighted by Crippen LogP contribution is 2.61. The van der Waals surface area contributed by atoms with Gasteiger partial charge in [0.25, 0.3) is 0 Å². The monoisotopic (exact) mass is 358 g/mol. The average Bonchev–Trinajstić information content (AvgIpc) is 2.70. The first-order valence-electron chi connectivity index (χ1n) is 11.3. The number of fused-ring (bicyclic) bond motifs is 5. The summed E-state index contributed by atoms with van der Waals surface area (Å²) in [5.74, 6) is 2.75. The maximum atomic E-state index is 2.66. The van der Waals surface area contributed by atoms with E-state index in [4.69, 9.17) is 0 Å². The molecular formula is C27H34. The topological polar surface area (TPSA) is 0 Å². The third-order valence-corrected chi connectivity index (χ3v) is 8.64. The molecule has 0 radical (unpaired) electrons. The van der Waals surface area contributed by atoms with Crippen molar-refractivity contribution in [3.63, 3.8) is 0 Å². The van der Waals surface area contributed by atoms with Crippen LogP contribution in [0.1, 0.15) is 85.6 Å². The minimum atomic E-state index is 0.614. The van der Waals surface area contributed by atoms with Gasteiger partial charge in [0.15, 0.2) is 0 Å². The van der Waals surface area contributed by atoms with Gasteiger partial charge in [-0.05, 0) is 103 Å². The lowest BCUT2D eigenvalue weighted by atomic mass is 9.49. The van der Waals surface area contributed by atoms with Crippen molar-refractivity contribution in [2.75, 3.05) is 0 Å². The Morgan fingerprint density at radius 3 is 2.63 bits per heavy atom.